The highest BCUT2D eigenvalue weighted by atomic mass is 16.1. The standard InChI is InChI=1S/C10H15N3O/c14-8-12-10-6-13(7-11-10)9-4-2-1-3-5-9/h6-9H,1-5H2,(H,12,14). The van der Waals surface area contributed by atoms with E-state index in [1.165, 1.54) is 32.1 Å². The lowest BCUT2D eigenvalue weighted by molar-refractivity contribution is -0.105. The smallest absolute Gasteiger partial charge is 0.212 e. The maximum atomic E-state index is 10.2. The van der Waals surface area contributed by atoms with Gasteiger partial charge in [0.05, 0.1) is 6.33 Å². The zero-order chi connectivity index (χ0) is 9.80. The van der Waals surface area contributed by atoms with Crippen LogP contribution in [0.2, 0.25) is 0 Å². The molecule has 4 heteroatoms. The maximum absolute atomic E-state index is 10.2. The molecule has 1 saturated carbocycles. The summed E-state index contributed by atoms with van der Waals surface area (Å²) in [5.41, 5.74) is 0. The second kappa shape index (κ2) is 4.26. The Labute approximate surface area is 83.3 Å². The van der Waals surface area contributed by atoms with Crippen molar-refractivity contribution in [2.75, 3.05) is 5.32 Å². The summed E-state index contributed by atoms with van der Waals surface area (Å²) in [6.45, 7) is 0. The number of aromatic nitrogens is 2. The van der Waals surface area contributed by atoms with Crippen LogP contribution in [0.3, 0.4) is 0 Å². The van der Waals surface area contributed by atoms with Gasteiger partial charge in [0.25, 0.3) is 0 Å². The fourth-order valence-electron chi connectivity index (χ4n) is 2.05. The first kappa shape index (κ1) is 9.24. The zero-order valence-corrected chi connectivity index (χ0v) is 8.15. The van der Waals surface area contributed by atoms with Crippen LogP contribution >= 0.6 is 0 Å². The van der Waals surface area contributed by atoms with Crippen LogP contribution in [-0.2, 0) is 4.79 Å². The van der Waals surface area contributed by atoms with Crippen LogP contribution < -0.4 is 5.32 Å². The number of carbonyl (C=O) groups is 1. The number of rotatable bonds is 3. The van der Waals surface area contributed by atoms with E-state index in [1.807, 2.05) is 12.5 Å². The molecule has 1 aliphatic carbocycles. The summed E-state index contributed by atoms with van der Waals surface area (Å²) in [6, 6.07) is 0.582. The summed E-state index contributed by atoms with van der Waals surface area (Å²) in [4.78, 5) is 14.3. The minimum atomic E-state index is 0.582. The number of hydrogen-bond donors (Lipinski definition) is 1. The summed E-state index contributed by atoms with van der Waals surface area (Å²) >= 11 is 0. The van der Waals surface area contributed by atoms with Gasteiger partial charge in [0.2, 0.25) is 6.41 Å². The molecule has 1 fully saturated rings. The molecule has 1 heterocycles. The Morgan fingerprint density at radius 3 is 2.93 bits per heavy atom. The van der Waals surface area contributed by atoms with E-state index in [0.717, 1.165) is 0 Å². The first-order valence-corrected chi connectivity index (χ1v) is 5.14. The number of carbonyl (C=O) groups excluding carboxylic acids is 1. The van der Waals surface area contributed by atoms with Crippen molar-refractivity contribution >= 4 is 12.2 Å². The molecule has 0 atom stereocenters. The third kappa shape index (κ3) is 1.95. The molecule has 1 aliphatic rings. The van der Waals surface area contributed by atoms with Crippen molar-refractivity contribution in [1.29, 1.82) is 0 Å². The summed E-state index contributed by atoms with van der Waals surface area (Å²) in [5.74, 6) is 0.644. The average molecular weight is 193 g/mol. The SMILES string of the molecule is O=CNc1cn(C2CCCCC2)cn1. The fraction of sp³-hybridized carbons (Fsp3) is 0.600. The predicted molar refractivity (Wildman–Crippen MR) is 54.0 cm³/mol. The summed E-state index contributed by atoms with van der Waals surface area (Å²) in [7, 11) is 0. The lowest BCUT2D eigenvalue weighted by Gasteiger charge is -2.22. The molecule has 0 spiro atoms. The highest BCUT2D eigenvalue weighted by molar-refractivity contribution is 5.68. The number of hydrogen-bond acceptors (Lipinski definition) is 2. The van der Waals surface area contributed by atoms with Crippen molar-refractivity contribution in [2.24, 2.45) is 0 Å². The lowest BCUT2D eigenvalue weighted by Crippen LogP contribution is -2.10. The van der Waals surface area contributed by atoms with E-state index < -0.39 is 0 Å². The monoisotopic (exact) mass is 193 g/mol. The van der Waals surface area contributed by atoms with Crippen LogP contribution in [-0.4, -0.2) is 16.0 Å². The molecule has 0 unspecified atom stereocenters. The van der Waals surface area contributed by atoms with E-state index in [-0.39, 0.29) is 0 Å². The van der Waals surface area contributed by atoms with Crippen molar-refractivity contribution in [3.8, 4) is 0 Å². The number of anilines is 1. The minimum absolute atomic E-state index is 0.582. The lowest BCUT2D eigenvalue weighted by atomic mass is 9.95. The van der Waals surface area contributed by atoms with Crippen molar-refractivity contribution in [3.63, 3.8) is 0 Å². The van der Waals surface area contributed by atoms with E-state index in [0.29, 0.717) is 18.3 Å². The summed E-state index contributed by atoms with van der Waals surface area (Å²) in [5, 5.41) is 2.55. The van der Waals surface area contributed by atoms with Gasteiger partial charge in [-0.15, -0.1) is 0 Å². The molecule has 0 aromatic carbocycles. The van der Waals surface area contributed by atoms with Crippen molar-refractivity contribution < 1.29 is 4.79 Å². The van der Waals surface area contributed by atoms with Gasteiger partial charge < -0.3 is 9.88 Å². The third-order valence-electron chi connectivity index (χ3n) is 2.80. The van der Waals surface area contributed by atoms with Crippen molar-refractivity contribution in [2.45, 2.75) is 38.1 Å². The fourth-order valence-corrected chi connectivity index (χ4v) is 2.05. The predicted octanol–water partition coefficient (Wildman–Crippen LogP) is 1.96. The average Bonchev–Trinajstić information content (AvgIpc) is 2.68. The van der Waals surface area contributed by atoms with Crippen LogP contribution in [0.1, 0.15) is 38.1 Å². The first-order valence-electron chi connectivity index (χ1n) is 5.14. The van der Waals surface area contributed by atoms with Crippen molar-refractivity contribution in [1.82, 2.24) is 9.55 Å². The molecule has 1 aromatic rings. The summed E-state index contributed by atoms with van der Waals surface area (Å²) < 4.78 is 2.12. The molecule has 4 nitrogen and oxygen atoms in total. The molecular weight excluding hydrogens is 178 g/mol. The molecule has 2 rings (SSSR count). The van der Waals surface area contributed by atoms with Gasteiger partial charge in [0.15, 0.2) is 5.82 Å². The zero-order valence-electron chi connectivity index (χ0n) is 8.15. The van der Waals surface area contributed by atoms with E-state index in [9.17, 15) is 4.79 Å². The Bertz CT molecular complexity index is 302. The van der Waals surface area contributed by atoms with Gasteiger partial charge in [-0.05, 0) is 12.8 Å². The van der Waals surface area contributed by atoms with Gasteiger partial charge in [-0.25, -0.2) is 4.98 Å². The van der Waals surface area contributed by atoms with Gasteiger partial charge in [-0.2, -0.15) is 0 Å². The topological polar surface area (TPSA) is 46.9 Å². The molecule has 0 bridgehead atoms. The quantitative estimate of drug-likeness (QED) is 0.746. The molecule has 76 valence electrons. The Kier molecular flexibility index (Phi) is 2.81. The second-order valence-corrected chi connectivity index (χ2v) is 3.76. The largest absolute Gasteiger partial charge is 0.332 e. The molecule has 0 saturated heterocycles. The number of nitrogens with zero attached hydrogens (tertiary/aromatic N) is 2. The van der Waals surface area contributed by atoms with Gasteiger partial charge in [0.1, 0.15) is 0 Å². The molecule has 1 amide bonds. The van der Waals surface area contributed by atoms with Crippen LogP contribution in [0.4, 0.5) is 5.82 Å². The van der Waals surface area contributed by atoms with Crippen LogP contribution in [0.5, 0.6) is 0 Å². The van der Waals surface area contributed by atoms with Crippen LogP contribution in [0, 0.1) is 0 Å². The maximum Gasteiger partial charge on any atom is 0.212 e. The summed E-state index contributed by atoms with van der Waals surface area (Å²) in [6.07, 6.45) is 10.8. The number of amides is 1. The van der Waals surface area contributed by atoms with Gasteiger partial charge >= 0.3 is 0 Å². The number of nitrogens with one attached hydrogen (secondary N) is 1. The molecule has 0 radical (unpaired) electrons. The van der Waals surface area contributed by atoms with Gasteiger partial charge in [-0.3, -0.25) is 4.79 Å². The third-order valence-corrected chi connectivity index (χ3v) is 2.80. The first-order chi connectivity index (χ1) is 6.90. The molecular formula is C10H15N3O. The molecule has 1 aromatic heterocycles. The Morgan fingerprint density at radius 1 is 1.43 bits per heavy atom. The van der Waals surface area contributed by atoms with Crippen molar-refractivity contribution in [3.05, 3.63) is 12.5 Å². The van der Waals surface area contributed by atoms with E-state index >= 15 is 0 Å². The Morgan fingerprint density at radius 2 is 2.21 bits per heavy atom. The number of imidazole rings is 1. The van der Waals surface area contributed by atoms with Gasteiger partial charge in [0, 0.05) is 12.2 Å². The van der Waals surface area contributed by atoms with Crippen LogP contribution in [0.15, 0.2) is 12.5 Å². The highest BCUT2D eigenvalue weighted by Gasteiger charge is 2.14. The molecule has 14 heavy (non-hydrogen) atoms. The van der Waals surface area contributed by atoms with E-state index in [2.05, 4.69) is 14.9 Å². The molecule has 0 aliphatic heterocycles. The Hall–Kier alpha value is -1.32. The molecule has 1 N–H and O–H groups in total. The van der Waals surface area contributed by atoms with Gasteiger partial charge in [-0.1, -0.05) is 19.3 Å². The van der Waals surface area contributed by atoms with Crippen LogP contribution in [0.25, 0.3) is 0 Å². The Balaban J connectivity index is 2.03. The normalized spacial score (nSPS) is 18.0. The second-order valence-electron chi connectivity index (χ2n) is 3.76. The van der Waals surface area contributed by atoms with E-state index in [1.54, 1.807) is 0 Å². The highest BCUT2D eigenvalue weighted by Crippen LogP contribution is 2.28. The minimum Gasteiger partial charge on any atom is -0.332 e. The van der Waals surface area contributed by atoms with E-state index in [4.69, 9.17) is 0 Å².